The largest absolute Gasteiger partial charge is 0.508 e. The van der Waals surface area contributed by atoms with E-state index in [-0.39, 0.29) is 18.1 Å². The summed E-state index contributed by atoms with van der Waals surface area (Å²) >= 11 is 0. The van der Waals surface area contributed by atoms with Gasteiger partial charge in [0.25, 0.3) is 0 Å². The minimum absolute atomic E-state index is 0.00951. The molecule has 0 fully saturated rings. The van der Waals surface area contributed by atoms with E-state index in [1.54, 1.807) is 36.4 Å². The Morgan fingerprint density at radius 2 is 2.05 bits per heavy atom. The Morgan fingerprint density at radius 1 is 1.29 bits per heavy atom. The highest BCUT2D eigenvalue weighted by molar-refractivity contribution is 5.95. The summed E-state index contributed by atoms with van der Waals surface area (Å²) in [7, 11) is 1.47. The van der Waals surface area contributed by atoms with E-state index >= 15 is 0 Å². The van der Waals surface area contributed by atoms with E-state index in [0.717, 1.165) is 0 Å². The number of carbonyl (C=O) groups is 1. The number of hydrogen-bond donors (Lipinski definition) is 2. The van der Waals surface area contributed by atoms with Crippen molar-refractivity contribution in [3.63, 3.8) is 0 Å². The van der Waals surface area contributed by atoms with Crippen LogP contribution in [0.3, 0.4) is 0 Å². The fourth-order valence-electron chi connectivity index (χ4n) is 1.94. The summed E-state index contributed by atoms with van der Waals surface area (Å²) in [5.74, 6) is 0.144. The summed E-state index contributed by atoms with van der Waals surface area (Å²) in [6.45, 7) is 0. The number of phenols is 1. The number of para-hydroxylation sites is 2. The van der Waals surface area contributed by atoms with Gasteiger partial charge in [-0.15, -0.1) is 0 Å². The first-order chi connectivity index (χ1) is 10.2. The molecule has 0 aliphatic rings. The number of phenolic OH excluding ortho intramolecular Hbond substituents is 1. The highest BCUT2D eigenvalue weighted by Crippen LogP contribution is 2.28. The minimum Gasteiger partial charge on any atom is -0.508 e. The molecule has 0 aliphatic heterocycles. The molecular formula is C16H14N2O3. The molecule has 0 saturated heterocycles. The molecule has 0 heterocycles. The fraction of sp³-hybridized carbons (Fsp3) is 0.125. The zero-order chi connectivity index (χ0) is 15.2. The molecule has 0 spiro atoms. The van der Waals surface area contributed by atoms with Crippen molar-refractivity contribution in [2.75, 3.05) is 12.4 Å². The average Bonchev–Trinajstić information content (AvgIpc) is 2.49. The highest BCUT2D eigenvalue weighted by atomic mass is 16.5. The van der Waals surface area contributed by atoms with Gasteiger partial charge in [-0.1, -0.05) is 24.3 Å². The Hall–Kier alpha value is -3.00. The molecule has 21 heavy (non-hydrogen) atoms. The lowest BCUT2D eigenvalue weighted by Gasteiger charge is -2.12. The standard InChI is InChI=1S/C16H14N2O3/c1-21-14-8-4-6-12(10-17)16(14)18-15(20)9-11-5-2-3-7-13(11)19/h2-8,19H,9H2,1H3,(H,18,20). The zero-order valence-corrected chi connectivity index (χ0v) is 11.5. The monoisotopic (exact) mass is 282 g/mol. The van der Waals surface area contributed by atoms with E-state index in [0.29, 0.717) is 22.6 Å². The number of aromatic hydroxyl groups is 1. The Bertz CT molecular complexity index is 705. The number of benzene rings is 2. The van der Waals surface area contributed by atoms with Gasteiger partial charge in [-0.25, -0.2) is 0 Å². The van der Waals surface area contributed by atoms with E-state index in [1.807, 2.05) is 6.07 Å². The number of methoxy groups -OCH3 is 1. The van der Waals surface area contributed by atoms with E-state index < -0.39 is 0 Å². The fourth-order valence-corrected chi connectivity index (χ4v) is 1.94. The second kappa shape index (κ2) is 6.44. The number of carbonyl (C=O) groups excluding carboxylic acids is 1. The van der Waals surface area contributed by atoms with Crippen LogP contribution in [0.1, 0.15) is 11.1 Å². The summed E-state index contributed by atoms with van der Waals surface area (Å²) < 4.78 is 5.15. The smallest absolute Gasteiger partial charge is 0.229 e. The summed E-state index contributed by atoms with van der Waals surface area (Å²) in [6, 6.07) is 13.6. The van der Waals surface area contributed by atoms with Crippen LogP contribution in [0.5, 0.6) is 11.5 Å². The van der Waals surface area contributed by atoms with Crippen molar-refractivity contribution in [1.82, 2.24) is 0 Å². The topological polar surface area (TPSA) is 82.3 Å². The molecule has 2 N–H and O–H groups in total. The Balaban J connectivity index is 2.21. The first-order valence-electron chi connectivity index (χ1n) is 6.29. The molecule has 2 aromatic rings. The van der Waals surface area contributed by atoms with Crippen LogP contribution in [0.4, 0.5) is 5.69 Å². The maximum Gasteiger partial charge on any atom is 0.229 e. The molecule has 2 rings (SSSR count). The van der Waals surface area contributed by atoms with Gasteiger partial charge in [-0.2, -0.15) is 5.26 Å². The third kappa shape index (κ3) is 3.31. The third-order valence-corrected chi connectivity index (χ3v) is 2.97. The van der Waals surface area contributed by atoms with E-state index in [2.05, 4.69) is 5.32 Å². The molecular weight excluding hydrogens is 268 g/mol. The molecule has 0 bridgehead atoms. The van der Waals surface area contributed by atoms with E-state index in [9.17, 15) is 9.90 Å². The number of nitrogens with zero attached hydrogens (tertiary/aromatic N) is 1. The molecule has 0 unspecified atom stereocenters. The summed E-state index contributed by atoms with van der Waals surface area (Å²) in [5.41, 5.74) is 1.17. The van der Waals surface area contributed by atoms with Gasteiger partial charge in [0.2, 0.25) is 5.91 Å². The Kier molecular flexibility index (Phi) is 4.42. The van der Waals surface area contributed by atoms with Crippen LogP contribution in [0.25, 0.3) is 0 Å². The average molecular weight is 282 g/mol. The van der Waals surface area contributed by atoms with Crippen molar-refractivity contribution in [2.24, 2.45) is 0 Å². The maximum absolute atomic E-state index is 12.1. The van der Waals surface area contributed by atoms with Gasteiger partial charge in [0.1, 0.15) is 23.3 Å². The molecule has 0 saturated carbocycles. The van der Waals surface area contributed by atoms with Crippen LogP contribution in [0.15, 0.2) is 42.5 Å². The molecule has 2 aromatic carbocycles. The molecule has 0 aliphatic carbocycles. The van der Waals surface area contributed by atoms with Gasteiger partial charge in [0.05, 0.1) is 19.1 Å². The molecule has 106 valence electrons. The van der Waals surface area contributed by atoms with Gasteiger partial charge in [0.15, 0.2) is 0 Å². The van der Waals surface area contributed by atoms with Crippen LogP contribution in [0.2, 0.25) is 0 Å². The second-order valence-corrected chi connectivity index (χ2v) is 4.35. The highest BCUT2D eigenvalue weighted by Gasteiger charge is 2.13. The normalized spacial score (nSPS) is 9.71. The number of anilines is 1. The number of amides is 1. The zero-order valence-electron chi connectivity index (χ0n) is 11.5. The maximum atomic E-state index is 12.1. The third-order valence-electron chi connectivity index (χ3n) is 2.97. The van der Waals surface area contributed by atoms with Gasteiger partial charge in [-0.3, -0.25) is 4.79 Å². The van der Waals surface area contributed by atoms with E-state index in [4.69, 9.17) is 10.00 Å². The van der Waals surface area contributed by atoms with Crippen LogP contribution < -0.4 is 10.1 Å². The lowest BCUT2D eigenvalue weighted by molar-refractivity contribution is -0.115. The van der Waals surface area contributed by atoms with Crippen molar-refractivity contribution in [3.05, 3.63) is 53.6 Å². The van der Waals surface area contributed by atoms with Gasteiger partial charge in [-0.05, 0) is 18.2 Å². The van der Waals surface area contributed by atoms with Crippen molar-refractivity contribution in [3.8, 4) is 17.6 Å². The number of rotatable bonds is 4. The SMILES string of the molecule is COc1cccc(C#N)c1NC(=O)Cc1ccccc1O. The number of ether oxygens (including phenoxy) is 1. The first-order valence-corrected chi connectivity index (χ1v) is 6.29. The van der Waals surface area contributed by atoms with Crippen molar-refractivity contribution < 1.29 is 14.6 Å². The predicted octanol–water partition coefficient (Wildman–Crippen LogP) is 2.45. The Morgan fingerprint density at radius 3 is 2.71 bits per heavy atom. The predicted molar refractivity (Wildman–Crippen MR) is 78.1 cm³/mol. The van der Waals surface area contributed by atoms with Crippen LogP contribution >= 0.6 is 0 Å². The molecule has 5 heteroatoms. The van der Waals surface area contributed by atoms with Gasteiger partial charge in [0, 0.05) is 5.56 Å². The lowest BCUT2D eigenvalue weighted by atomic mass is 10.1. The van der Waals surface area contributed by atoms with Crippen LogP contribution in [-0.4, -0.2) is 18.1 Å². The van der Waals surface area contributed by atoms with Crippen molar-refractivity contribution in [1.29, 1.82) is 5.26 Å². The summed E-state index contributed by atoms with van der Waals surface area (Å²) in [5, 5.41) is 21.4. The second-order valence-electron chi connectivity index (χ2n) is 4.35. The summed E-state index contributed by atoms with van der Waals surface area (Å²) in [4.78, 5) is 12.1. The van der Waals surface area contributed by atoms with Crippen LogP contribution in [-0.2, 0) is 11.2 Å². The number of nitriles is 1. The molecule has 0 atom stereocenters. The number of hydrogen-bond acceptors (Lipinski definition) is 4. The molecule has 5 nitrogen and oxygen atoms in total. The first kappa shape index (κ1) is 14.4. The Labute approximate surface area is 122 Å². The molecule has 0 radical (unpaired) electrons. The number of nitrogens with one attached hydrogen (secondary N) is 1. The lowest BCUT2D eigenvalue weighted by Crippen LogP contribution is -2.16. The van der Waals surface area contributed by atoms with Gasteiger partial charge >= 0.3 is 0 Å². The van der Waals surface area contributed by atoms with Crippen molar-refractivity contribution >= 4 is 11.6 Å². The quantitative estimate of drug-likeness (QED) is 0.902. The van der Waals surface area contributed by atoms with E-state index in [1.165, 1.54) is 13.2 Å². The molecule has 0 aromatic heterocycles. The minimum atomic E-state index is -0.336. The van der Waals surface area contributed by atoms with Crippen molar-refractivity contribution in [2.45, 2.75) is 6.42 Å². The van der Waals surface area contributed by atoms with Crippen LogP contribution in [0, 0.1) is 11.3 Å². The summed E-state index contributed by atoms with van der Waals surface area (Å²) in [6.07, 6.45) is 0.00951. The molecule has 1 amide bonds. The van der Waals surface area contributed by atoms with Gasteiger partial charge < -0.3 is 15.2 Å².